The van der Waals surface area contributed by atoms with E-state index in [0.29, 0.717) is 12.8 Å². The fourth-order valence-electron chi connectivity index (χ4n) is 12.0. The Morgan fingerprint density at radius 2 is 0.463 bits per heavy atom. The van der Waals surface area contributed by atoms with Gasteiger partial charge in [0.1, 0.15) is 6.61 Å². The maximum Gasteiger partial charge on any atom is 0.306 e. The number of carbonyl (C=O) groups is 2. The van der Waals surface area contributed by atoms with Crippen molar-refractivity contribution in [3.63, 3.8) is 0 Å². The van der Waals surface area contributed by atoms with Crippen molar-refractivity contribution in [2.45, 2.75) is 444 Å². The third-order valence-electron chi connectivity index (χ3n) is 17.6. The van der Waals surface area contributed by atoms with Gasteiger partial charge in [0.2, 0.25) is 0 Å². The summed E-state index contributed by atoms with van der Waals surface area (Å²) >= 11 is 0. The number of rotatable bonds is 71. The van der Waals surface area contributed by atoms with Crippen LogP contribution in [0.25, 0.3) is 0 Å². The minimum atomic E-state index is -0.766. The molecule has 0 amide bonds. The van der Waals surface area contributed by atoms with Gasteiger partial charge in [0.15, 0.2) is 6.10 Å². The molecule has 0 heterocycles. The molecular weight excluding hydrogens is 981 g/mol. The second-order valence-corrected chi connectivity index (χ2v) is 25.7. The summed E-state index contributed by atoms with van der Waals surface area (Å²) in [5.74, 6) is -0.559. The summed E-state index contributed by atoms with van der Waals surface area (Å²) in [4.78, 5) is 24.7. The molecule has 5 nitrogen and oxygen atoms in total. The number of aliphatic hydroxyl groups is 1. The van der Waals surface area contributed by atoms with Crippen LogP contribution in [0.2, 0.25) is 0 Å². The number of ether oxygens (including phenoxy) is 2. The Bertz CT molecular complexity index is 1180. The van der Waals surface area contributed by atoms with Crippen molar-refractivity contribution in [3.8, 4) is 0 Å². The van der Waals surface area contributed by atoms with Crippen molar-refractivity contribution < 1.29 is 24.2 Å². The van der Waals surface area contributed by atoms with Crippen molar-refractivity contribution in [2.24, 2.45) is 0 Å². The van der Waals surface area contributed by atoms with Crippen LogP contribution in [0, 0.1) is 0 Å². The standard InChI is InChI=1S/C75H146O5/c1-3-5-7-9-11-13-15-17-19-21-23-25-27-29-30-31-32-33-34-35-36-37-38-39-40-41-42-43-44-46-48-50-52-54-56-58-60-62-64-66-68-70-75(78)80-73(71-76)72-79-74(77)69-67-65-63-61-59-57-55-53-51-49-47-45-28-26-24-22-20-18-16-14-12-10-8-6-4-2/h21,23,73,76H,3-20,22,24-72H2,1-2H3/b23-21-. The number of aliphatic hydroxyl groups excluding tert-OH is 1. The van der Waals surface area contributed by atoms with Crippen LogP contribution in [0.3, 0.4) is 0 Å². The molecule has 80 heavy (non-hydrogen) atoms. The van der Waals surface area contributed by atoms with Crippen LogP contribution in [0.5, 0.6) is 0 Å². The molecule has 0 aliphatic carbocycles. The molecule has 0 aliphatic heterocycles. The fourth-order valence-corrected chi connectivity index (χ4v) is 12.0. The zero-order valence-corrected chi connectivity index (χ0v) is 54.9. The topological polar surface area (TPSA) is 72.8 Å². The van der Waals surface area contributed by atoms with Crippen LogP contribution in [0.15, 0.2) is 12.2 Å². The predicted molar refractivity (Wildman–Crippen MR) is 353 cm³/mol. The van der Waals surface area contributed by atoms with Crippen LogP contribution in [0.4, 0.5) is 0 Å². The second-order valence-electron chi connectivity index (χ2n) is 25.7. The molecule has 0 rings (SSSR count). The first-order valence-corrected chi connectivity index (χ1v) is 37.2. The highest BCUT2D eigenvalue weighted by molar-refractivity contribution is 5.70. The molecule has 1 N–H and O–H groups in total. The van der Waals surface area contributed by atoms with Gasteiger partial charge in [-0.15, -0.1) is 0 Å². The average molecular weight is 1130 g/mol. The molecule has 0 aromatic carbocycles. The van der Waals surface area contributed by atoms with Crippen LogP contribution >= 0.6 is 0 Å². The van der Waals surface area contributed by atoms with E-state index in [2.05, 4.69) is 26.0 Å². The normalized spacial score (nSPS) is 12.1. The number of allylic oxidation sites excluding steroid dienone is 2. The molecule has 1 atom stereocenters. The van der Waals surface area contributed by atoms with E-state index in [-0.39, 0.29) is 25.2 Å². The molecule has 0 aromatic heterocycles. The van der Waals surface area contributed by atoms with Crippen LogP contribution < -0.4 is 0 Å². The first-order chi connectivity index (χ1) is 39.6. The molecular formula is C75H146O5. The lowest BCUT2D eigenvalue weighted by Gasteiger charge is -2.15. The summed E-state index contributed by atoms with van der Waals surface area (Å²) in [5, 5.41) is 9.70. The van der Waals surface area contributed by atoms with E-state index in [0.717, 1.165) is 32.1 Å². The highest BCUT2D eigenvalue weighted by Crippen LogP contribution is 2.20. The van der Waals surface area contributed by atoms with Gasteiger partial charge < -0.3 is 14.6 Å². The van der Waals surface area contributed by atoms with E-state index in [1.807, 2.05) is 0 Å². The average Bonchev–Trinajstić information content (AvgIpc) is 3.46. The molecule has 5 heteroatoms. The van der Waals surface area contributed by atoms with Crippen molar-refractivity contribution >= 4 is 11.9 Å². The summed E-state index contributed by atoms with van der Waals surface area (Å²) in [6.45, 7) is 4.22. The predicted octanol–water partition coefficient (Wildman–Crippen LogP) is 25.8. The van der Waals surface area contributed by atoms with E-state index >= 15 is 0 Å². The monoisotopic (exact) mass is 1130 g/mol. The number of carbonyl (C=O) groups excluding carboxylic acids is 2. The van der Waals surface area contributed by atoms with Gasteiger partial charge in [-0.2, -0.15) is 0 Å². The minimum absolute atomic E-state index is 0.0560. The SMILES string of the molecule is CCCCCCCCCC/C=C\CCCCCCCCCCCCCCCCCCCCCCCCCCCCCCCC(=O)OC(CO)COC(=O)CCCCCCCCCCCCCCCCCCCCCCCCCCC. The lowest BCUT2D eigenvalue weighted by atomic mass is 10.0. The van der Waals surface area contributed by atoms with E-state index in [9.17, 15) is 14.7 Å². The second kappa shape index (κ2) is 71.9. The molecule has 476 valence electrons. The highest BCUT2D eigenvalue weighted by Gasteiger charge is 2.16. The third kappa shape index (κ3) is 69.1. The van der Waals surface area contributed by atoms with Crippen molar-refractivity contribution in [1.82, 2.24) is 0 Å². The molecule has 0 saturated carbocycles. The lowest BCUT2D eigenvalue weighted by molar-refractivity contribution is -0.161. The van der Waals surface area contributed by atoms with E-state index in [4.69, 9.17) is 9.47 Å². The number of hydrogen-bond acceptors (Lipinski definition) is 5. The van der Waals surface area contributed by atoms with Gasteiger partial charge in [0.05, 0.1) is 6.61 Å². The van der Waals surface area contributed by atoms with E-state index in [1.165, 1.54) is 379 Å². The van der Waals surface area contributed by atoms with Gasteiger partial charge in [-0.25, -0.2) is 0 Å². The Balaban J connectivity index is 3.33. The Kier molecular flexibility index (Phi) is 70.7. The lowest BCUT2D eigenvalue weighted by Crippen LogP contribution is -2.28. The Hall–Kier alpha value is -1.36. The smallest absolute Gasteiger partial charge is 0.306 e. The maximum absolute atomic E-state index is 12.4. The third-order valence-corrected chi connectivity index (χ3v) is 17.6. The fraction of sp³-hybridized carbons (Fsp3) is 0.947. The summed E-state index contributed by atoms with van der Waals surface area (Å²) < 4.78 is 10.8. The van der Waals surface area contributed by atoms with Crippen LogP contribution in [-0.4, -0.2) is 36.4 Å². The molecule has 0 aromatic rings. The first kappa shape index (κ1) is 78.6. The molecule has 1 unspecified atom stereocenters. The Labute approximate surface area is 502 Å². The van der Waals surface area contributed by atoms with Gasteiger partial charge in [0.25, 0.3) is 0 Å². The molecule has 0 bridgehead atoms. The molecule has 0 fully saturated rings. The van der Waals surface area contributed by atoms with Gasteiger partial charge in [-0.1, -0.05) is 398 Å². The van der Waals surface area contributed by atoms with Crippen molar-refractivity contribution in [2.75, 3.05) is 13.2 Å². The first-order valence-electron chi connectivity index (χ1n) is 37.2. The molecule has 0 spiro atoms. The van der Waals surface area contributed by atoms with E-state index < -0.39 is 6.10 Å². The zero-order chi connectivity index (χ0) is 57.6. The quantitative estimate of drug-likeness (QED) is 0.0373. The van der Waals surface area contributed by atoms with Crippen molar-refractivity contribution in [3.05, 3.63) is 12.2 Å². The number of hydrogen-bond donors (Lipinski definition) is 1. The Morgan fingerprint density at radius 1 is 0.275 bits per heavy atom. The van der Waals surface area contributed by atoms with Gasteiger partial charge in [-0.05, 0) is 38.5 Å². The minimum Gasteiger partial charge on any atom is -0.462 e. The summed E-state index contributed by atoms with van der Waals surface area (Å²) in [7, 11) is 0. The summed E-state index contributed by atoms with van der Waals surface area (Å²) in [6.07, 6.45) is 92.9. The van der Waals surface area contributed by atoms with Gasteiger partial charge in [0, 0.05) is 12.8 Å². The van der Waals surface area contributed by atoms with Crippen LogP contribution in [-0.2, 0) is 19.1 Å². The summed E-state index contributed by atoms with van der Waals surface area (Å²) in [5.41, 5.74) is 0. The maximum atomic E-state index is 12.4. The number of esters is 2. The highest BCUT2D eigenvalue weighted by atomic mass is 16.6. The Morgan fingerprint density at radius 3 is 0.675 bits per heavy atom. The molecule has 0 radical (unpaired) electrons. The molecule has 0 saturated heterocycles. The van der Waals surface area contributed by atoms with Crippen molar-refractivity contribution in [1.29, 1.82) is 0 Å². The zero-order valence-electron chi connectivity index (χ0n) is 54.9. The largest absolute Gasteiger partial charge is 0.462 e. The van der Waals surface area contributed by atoms with E-state index in [1.54, 1.807) is 0 Å². The van der Waals surface area contributed by atoms with Gasteiger partial charge >= 0.3 is 11.9 Å². The van der Waals surface area contributed by atoms with Crippen LogP contribution in [0.1, 0.15) is 438 Å². The molecule has 0 aliphatic rings. The summed E-state index contributed by atoms with van der Waals surface area (Å²) in [6, 6.07) is 0. The van der Waals surface area contributed by atoms with Gasteiger partial charge in [-0.3, -0.25) is 9.59 Å². The number of unbranched alkanes of at least 4 members (excludes halogenated alkanes) is 61.